The van der Waals surface area contributed by atoms with Crippen LogP contribution in [-0.4, -0.2) is 21.9 Å². The van der Waals surface area contributed by atoms with E-state index >= 15 is 0 Å². The number of rotatable bonds is 4. The zero-order chi connectivity index (χ0) is 13.0. The number of carbonyl (C=O) groups is 1. The molecule has 0 saturated heterocycles. The smallest absolute Gasteiger partial charge is 0.350 e. The quantitative estimate of drug-likeness (QED) is 0.790. The molecule has 0 aromatic carbocycles. The van der Waals surface area contributed by atoms with Crippen LogP contribution in [-0.2, 0) is 11.3 Å². The van der Waals surface area contributed by atoms with E-state index in [4.69, 9.17) is 10.00 Å². The third-order valence-electron chi connectivity index (χ3n) is 2.28. The van der Waals surface area contributed by atoms with Gasteiger partial charge in [0.05, 0.1) is 12.1 Å². The average Bonchev–Trinajstić information content (AvgIpc) is 2.97. The fourth-order valence-electron chi connectivity index (χ4n) is 1.50. The van der Waals surface area contributed by atoms with Crippen LogP contribution in [0.3, 0.4) is 0 Å². The normalized spacial score (nSPS) is 11.8. The lowest BCUT2D eigenvalue weighted by atomic mass is 10.3. The average molecular weight is 261 g/mol. The first-order chi connectivity index (χ1) is 8.70. The van der Waals surface area contributed by atoms with E-state index < -0.39 is 5.97 Å². The number of thiophene rings is 1. The molecule has 0 spiro atoms. The Kier molecular flexibility index (Phi) is 3.75. The van der Waals surface area contributed by atoms with E-state index in [1.54, 1.807) is 35.4 Å². The number of ether oxygens (including phenoxy) is 1. The number of hydrogen-bond acceptors (Lipinski definition) is 5. The third kappa shape index (κ3) is 2.76. The van der Waals surface area contributed by atoms with Crippen LogP contribution < -0.4 is 0 Å². The van der Waals surface area contributed by atoms with Crippen molar-refractivity contribution in [1.29, 1.82) is 5.26 Å². The Morgan fingerprint density at radius 2 is 2.56 bits per heavy atom. The van der Waals surface area contributed by atoms with E-state index in [9.17, 15) is 4.79 Å². The fraction of sp³-hybridized carbons (Fsp3) is 0.250. The molecule has 0 aliphatic carbocycles. The Balaban J connectivity index is 1.97. The number of aromatic nitrogens is 2. The second-order valence-corrected chi connectivity index (χ2v) is 4.64. The third-order valence-corrected chi connectivity index (χ3v) is 3.18. The molecule has 0 bridgehead atoms. The lowest BCUT2D eigenvalue weighted by Crippen LogP contribution is -2.20. The van der Waals surface area contributed by atoms with Gasteiger partial charge in [-0.15, -0.1) is 11.3 Å². The second kappa shape index (κ2) is 5.47. The van der Waals surface area contributed by atoms with E-state index in [0.29, 0.717) is 17.0 Å². The molecule has 0 fully saturated rings. The zero-order valence-electron chi connectivity index (χ0n) is 9.74. The van der Waals surface area contributed by atoms with E-state index in [0.717, 1.165) is 0 Å². The molecule has 2 aromatic heterocycles. The van der Waals surface area contributed by atoms with Gasteiger partial charge in [-0.05, 0) is 24.4 Å². The molecule has 0 saturated carbocycles. The Morgan fingerprint density at radius 3 is 3.22 bits per heavy atom. The summed E-state index contributed by atoms with van der Waals surface area (Å²) in [4.78, 5) is 12.2. The highest BCUT2D eigenvalue weighted by Crippen LogP contribution is 2.17. The van der Waals surface area contributed by atoms with Crippen LogP contribution in [0, 0.1) is 11.3 Å². The van der Waals surface area contributed by atoms with Crippen molar-refractivity contribution in [2.75, 3.05) is 0 Å². The van der Waals surface area contributed by atoms with Crippen LogP contribution in [0.15, 0.2) is 29.9 Å². The number of nitrogens with zero attached hydrogens (tertiary/aromatic N) is 3. The van der Waals surface area contributed by atoms with Crippen LogP contribution >= 0.6 is 11.3 Å². The van der Waals surface area contributed by atoms with Gasteiger partial charge in [0.25, 0.3) is 0 Å². The van der Waals surface area contributed by atoms with Gasteiger partial charge in [-0.2, -0.15) is 10.4 Å². The van der Waals surface area contributed by atoms with Gasteiger partial charge in [-0.3, -0.25) is 4.68 Å². The highest BCUT2D eigenvalue weighted by atomic mass is 32.1. The molecule has 0 N–H and O–H groups in total. The number of nitriles is 1. The monoisotopic (exact) mass is 261 g/mol. The highest BCUT2D eigenvalue weighted by molar-refractivity contribution is 7.12. The summed E-state index contributed by atoms with van der Waals surface area (Å²) in [7, 11) is 0. The molecule has 6 heteroatoms. The Hall–Kier alpha value is -2.13. The minimum atomic E-state index is -0.457. The highest BCUT2D eigenvalue weighted by Gasteiger charge is 2.17. The van der Waals surface area contributed by atoms with E-state index in [1.807, 2.05) is 12.1 Å². The molecule has 0 unspecified atom stereocenters. The number of hydrogen-bond donors (Lipinski definition) is 0. The predicted molar refractivity (Wildman–Crippen MR) is 66.1 cm³/mol. The molecule has 1 atom stereocenters. The summed E-state index contributed by atoms with van der Waals surface area (Å²) in [5.74, 6) is -0.457. The van der Waals surface area contributed by atoms with Gasteiger partial charge in [0, 0.05) is 12.4 Å². The van der Waals surface area contributed by atoms with Crippen LogP contribution in [0.1, 0.15) is 22.2 Å². The van der Waals surface area contributed by atoms with Crippen LogP contribution in [0.5, 0.6) is 0 Å². The van der Waals surface area contributed by atoms with Crippen molar-refractivity contribution in [2.24, 2.45) is 0 Å². The molecular formula is C12H11N3O2S. The maximum absolute atomic E-state index is 11.8. The second-order valence-electron chi connectivity index (χ2n) is 3.72. The fourth-order valence-corrected chi connectivity index (χ4v) is 2.23. The van der Waals surface area contributed by atoms with Gasteiger partial charge in [0.2, 0.25) is 0 Å². The molecule has 92 valence electrons. The first-order valence-electron chi connectivity index (χ1n) is 5.36. The lowest BCUT2D eigenvalue weighted by Gasteiger charge is -2.12. The van der Waals surface area contributed by atoms with Gasteiger partial charge >= 0.3 is 5.97 Å². The van der Waals surface area contributed by atoms with E-state index in [-0.39, 0.29) is 6.10 Å². The molecule has 0 aliphatic rings. The predicted octanol–water partition coefficient (Wildman–Crippen LogP) is 2.06. The Labute approximate surface area is 108 Å². The van der Waals surface area contributed by atoms with E-state index in [1.165, 1.54) is 11.3 Å². The van der Waals surface area contributed by atoms with Gasteiger partial charge < -0.3 is 4.74 Å². The van der Waals surface area contributed by atoms with Crippen molar-refractivity contribution in [3.63, 3.8) is 0 Å². The lowest BCUT2D eigenvalue weighted by molar-refractivity contribution is 0.0304. The summed E-state index contributed by atoms with van der Waals surface area (Å²) in [6.07, 6.45) is 3.17. The van der Waals surface area contributed by atoms with Crippen molar-refractivity contribution >= 4 is 17.3 Å². The maximum Gasteiger partial charge on any atom is 0.350 e. The largest absolute Gasteiger partial charge is 0.456 e. The molecule has 2 heterocycles. The summed E-state index contributed by atoms with van der Waals surface area (Å²) in [5.41, 5.74) is 0.358. The molecule has 0 radical (unpaired) electrons. The van der Waals surface area contributed by atoms with Gasteiger partial charge in [-0.25, -0.2) is 4.79 Å². The van der Waals surface area contributed by atoms with Crippen LogP contribution in [0.25, 0.3) is 0 Å². The summed E-state index contributed by atoms with van der Waals surface area (Å²) in [6, 6.07) is 5.38. The van der Waals surface area contributed by atoms with Crippen LogP contribution in [0.2, 0.25) is 0 Å². The number of esters is 1. The molecule has 2 rings (SSSR count). The number of carbonyl (C=O) groups excluding carboxylic acids is 1. The molecule has 0 aliphatic heterocycles. The minimum absolute atomic E-state index is 0.300. The summed E-state index contributed by atoms with van der Waals surface area (Å²) < 4.78 is 6.96. The molecule has 0 amide bonds. The van der Waals surface area contributed by atoms with Crippen molar-refractivity contribution in [3.8, 4) is 6.07 Å². The van der Waals surface area contributed by atoms with Crippen LogP contribution in [0.4, 0.5) is 0 Å². The zero-order valence-corrected chi connectivity index (χ0v) is 10.6. The Morgan fingerprint density at radius 1 is 1.72 bits per heavy atom. The molecule has 5 nitrogen and oxygen atoms in total. The maximum atomic E-state index is 11.8. The Bertz CT molecular complexity index is 568. The van der Waals surface area contributed by atoms with E-state index in [2.05, 4.69) is 5.10 Å². The van der Waals surface area contributed by atoms with Gasteiger partial charge in [0.15, 0.2) is 0 Å². The van der Waals surface area contributed by atoms with Crippen molar-refractivity contribution in [1.82, 2.24) is 9.78 Å². The first-order valence-corrected chi connectivity index (χ1v) is 6.24. The molecule has 18 heavy (non-hydrogen) atoms. The van der Waals surface area contributed by atoms with Gasteiger partial charge in [0.1, 0.15) is 17.1 Å². The van der Waals surface area contributed by atoms with Crippen molar-refractivity contribution in [2.45, 2.75) is 19.6 Å². The van der Waals surface area contributed by atoms with Crippen molar-refractivity contribution < 1.29 is 9.53 Å². The molecular weight excluding hydrogens is 250 g/mol. The SMILES string of the molecule is C[C@@H](Cn1cccn1)OC(=O)c1sccc1C#N. The minimum Gasteiger partial charge on any atom is -0.456 e. The first kappa shape index (κ1) is 12.3. The topological polar surface area (TPSA) is 67.9 Å². The summed E-state index contributed by atoms with van der Waals surface area (Å²) in [6.45, 7) is 2.28. The summed E-state index contributed by atoms with van der Waals surface area (Å²) >= 11 is 1.21. The summed E-state index contributed by atoms with van der Waals surface area (Å²) in [5, 5.41) is 14.6. The molecule has 2 aromatic rings. The van der Waals surface area contributed by atoms with Gasteiger partial charge in [-0.1, -0.05) is 0 Å². The van der Waals surface area contributed by atoms with Crippen molar-refractivity contribution in [3.05, 3.63) is 40.3 Å². The standard InChI is InChI=1S/C12H11N3O2S/c1-9(8-15-5-2-4-14-15)17-12(16)11-10(7-13)3-6-18-11/h2-6,9H,8H2,1H3/t9-/m0/s1.